The molecule has 116 valence electrons. The van der Waals surface area contributed by atoms with E-state index in [-0.39, 0.29) is 0 Å². The summed E-state index contributed by atoms with van der Waals surface area (Å²) in [5, 5.41) is 3.54. The molecular formula is C15H21BrN2O2S. The highest BCUT2D eigenvalue weighted by molar-refractivity contribution is 9.10. The van der Waals surface area contributed by atoms with E-state index in [1.165, 1.54) is 12.8 Å². The summed E-state index contributed by atoms with van der Waals surface area (Å²) in [4.78, 5) is 0.389. The minimum atomic E-state index is -3.33. The van der Waals surface area contributed by atoms with Gasteiger partial charge in [-0.05, 0) is 62.4 Å². The molecule has 1 saturated heterocycles. The molecule has 1 aliphatic carbocycles. The van der Waals surface area contributed by atoms with Crippen molar-refractivity contribution >= 4 is 26.0 Å². The Morgan fingerprint density at radius 3 is 2.29 bits per heavy atom. The minimum Gasteiger partial charge on any atom is -0.314 e. The average Bonchev–Trinajstić information content (AvgIpc) is 3.30. The summed E-state index contributed by atoms with van der Waals surface area (Å²) in [7, 11) is -3.33. The smallest absolute Gasteiger partial charge is 0.243 e. The van der Waals surface area contributed by atoms with Crippen LogP contribution in [-0.2, 0) is 10.0 Å². The Morgan fingerprint density at radius 2 is 1.71 bits per heavy atom. The summed E-state index contributed by atoms with van der Waals surface area (Å²) in [6, 6.07) is 7.62. The van der Waals surface area contributed by atoms with Crippen LogP contribution in [0.3, 0.4) is 0 Å². The molecule has 1 aromatic rings. The third kappa shape index (κ3) is 3.86. The first-order valence-corrected chi connectivity index (χ1v) is 9.78. The van der Waals surface area contributed by atoms with Gasteiger partial charge in [0.15, 0.2) is 0 Å². The second-order valence-electron chi connectivity index (χ2n) is 5.98. The number of nitrogens with zero attached hydrogens (tertiary/aromatic N) is 1. The molecule has 1 heterocycles. The van der Waals surface area contributed by atoms with Crippen molar-refractivity contribution in [1.29, 1.82) is 0 Å². The summed E-state index contributed by atoms with van der Waals surface area (Å²) in [6.07, 6.45) is 4.51. The monoisotopic (exact) mass is 372 g/mol. The molecule has 4 nitrogen and oxygen atoms in total. The van der Waals surface area contributed by atoms with Crippen molar-refractivity contribution in [2.24, 2.45) is 5.92 Å². The number of piperidine rings is 1. The normalized spacial score (nSPS) is 21.6. The fourth-order valence-electron chi connectivity index (χ4n) is 2.73. The molecule has 2 fully saturated rings. The lowest BCUT2D eigenvalue weighted by molar-refractivity contribution is 0.267. The quantitative estimate of drug-likeness (QED) is 0.863. The summed E-state index contributed by atoms with van der Waals surface area (Å²) in [5.41, 5.74) is 0. The average molecular weight is 373 g/mol. The highest BCUT2D eigenvalue weighted by Crippen LogP contribution is 2.25. The molecular weight excluding hydrogens is 352 g/mol. The predicted molar refractivity (Wildman–Crippen MR) is 86.6 cm³/mol. The third-order valence-electron chi connectivity index (χ3n) is 4.30. The molecule has 0 unspecified atom stereocenters. The Morgan fingerprint density at radius 1 is 1.10 bits per heavy atom. The number of benzene rings is 1. The molecule has 1 aromatic carbocycles. The van der Waals surface area contributed by atoms with Gasteiger partial charge >= 0.3 is 0 Å². The van der Waals surface area contributed by atoms with E-state index in [1.54, 1.807) is 28.6 Å². The third-order valence-corrected chi connectivity index (χ3v) is 6.74. The predicted octanol–water partition coefficient (Wildman–Crippen LogP) is 2.60. The van der Waals surface area contributed by atoms with Gasteiger partial charge in [-0.1, -0.05) is 15.9 Å². The number of hydrogen-bond acceptors (Lipinski definition) is 3. The van der Waals surface area contributed by atoms with Gasteiger partial charge in [0, 0.05) is 23.6 Å². The van der Waals surface area contributed by atoms with Crippen molar-refractivity contribution in [1.82, 2.24) is 9.62 Å². The molecule has 0 aromatic heterocycles. The molecule has 1 saturated carbocycles. The lowest BCUT2D eigenvalue weighted by atomic mass is 9.98. The van der Waals surface area contributed by atoms with Gasteiger partial charge in [-0.3, -0.25) is 0 Å². The first-order chi connectivity index (χ1) is 10.1. The first-order valence-electron chi connectivity index (χ1n) is 7.55. The lowest BCUT2D eigenvalue weighted by Gasteiger charge is -2.31. The van der Waals surface area contributed by atoms with E-state index in [0.29, 0.717) is 23.9 Å². The zero-order valence-electron chi connectivity index (χ0n) is 12.0. The number of halogens is 1. The Bertz CT molecular complexity index is 576. The summed E-state index contributed by atoms with van der Waals surface area (Å²) >= 11 is 3.33. The van der Waals surface area contributed by atoms with E-state index in [2.05, 4.69) is 21.2 Å². The largest absolute Gasteiger partial charge is 0.314 e. The number of nitrogens with one attached hydrogen (secondary N) is 1. The zero-order valence-corrected chi connectivity index (χ0v) is 14.4. The molecule has 6 heteroatoms. The van der Waals surface area contributed by atoms with E-state index in [0.717, 1.165) is 29.9 Å². The minimum absolute atomic E-state index is 0.389. The molecule has 0 spiro atoms. The van der Waals surface area contributed by atoms with E-state index in [1.807, 2.05) is 0 Å². The molecule has 21 heavy (non-hydrogen) atoms. The second kappa shape index (κ2) is 6.36. The Hall–Kier alpha value is -0.430. The van der Waals surface area contributed by atoms with Crippen LogP contribution < -0.4 is 5.32 Å². The van der Waals surface area contributed by atoms with Gasteiger partial charge in [-0.25, -0.2) is 8.42 Å². The Balaban J connectivity index is 1.58. The maximum absolute atomic E-state index is 12.6. The van der Waals surface area contributed by atoms with Crippen molar-refractivity contribution in [3.05, 3.63) is 28.7 Å². The van der Waals surface area contributed by atoms with Crippen LogP contribution in [0.4, 0.5) is 0 Å². The molecule has 0 bridgehead atoms. The Labute approximate surface area is 135 Å². The van der Waals surface area contributed by atoms with Crippen LogP contribution in [0.25, 0.3) is 0 Å². The van der Waals surface area contributed by atoms with E-state index in [9.17, 15) is 8.42 Å². The van der Waals surface area contributed by atoms with Gasteiger partial charge in [-0.15, -0.1) is 0 Å². The molecule has 0 atom stereocenters. The number of sulfonamides is 1. The molecule has 0 amide bonds. The van der Waals surface area contributed by atoms with Gasteiger partial charge in [0.2, 0.25) is 10.0 Å². The molecule has 2 aliphatic rings. The summed E-state index contributed by atoms with van der Waals surface area (Å²) in [6.45, 7) is 2.31. The van der Waals surface area contributed by atoms with Crippen LogP contribution in [0.1, 0.15) is 25.7 Å². The van der Waals surface area contributed by atoms with Crippen LogP contribution >= 0.6 is 15.9 Å². The van der Waals surface area contributed by atoms with Crippen LogP contribution in [0.2, 0.25) is 0 Å². The Kier molecular flexibility index (Phi) is 4.69. The van der Waals surface area contributed by atoms with Crippen LogP contribution in [0.15, 0.2) is 33.6 Å². The maximum atomic E-state index is 12.6. The van der Waals surface area contributed by atoms with E-state index < -0.39 is 10.0 Å². The maximum Gasteiger partial charge on any atom is 0.243 e. The molecule has 1 N–H and O–H groups in total. The van der Waals surface area contributed by atoms with Crippen LogP contribution in [0, 0.1) is 5.92 Å². The van der Waals surface area contributed by atoms with Crippen molar-refractivity contribution in [3.8, 4) is 0 Å². The summed E-state index contributed by atoms with van der Waals surface area (Å²) < 4.78 is 27.7. The summed E-state index contributed by atoms with van der Waals surface area (Å²) in [5.74, 6) is 0.613. The van der Waals surface area contributed by atoms with Crippen molar-refractivity contribution in [3.63, 3.8) is 0 Å². The first kappa shape index (κ1) is 15.5. The SMILES string of the molecule is O=S(=O)(c1ccc(Br)cc1)N1CCC(CNC2CC2)CC1. The van der Waals surface area contributed by atoms with Crippen molar-refractivity contribution < 1.29 is 8.42 Å². The highest BCUT2D eigenvalue weighted by Gasteiger charge is 2.30. The van der Waals surface area contributed by atoms with Gasteiger partial charge in [0.05, 0.1) is 4.90 Å². The van der Waals surface area contributed by atoms with E-state index in [4.69, 9.17) is 0 Å². The van der Waals surface area contributed by atoms with Gasteiger partial charge < -0.3 is 5.32 Å². The number of rotatable bonds is 5. The fraction of sp³-hybridized carbons (Fsp3) is 0.600. The second-order valence-corrected chi connectivity index (χ2v) is 8.84. The van der Waals surface area contributed by atoms with Crippen LogP contribution in [0.5, 0.6) is 0 Å². The van der Waals surface area contributed by atoms with Gasteiger partial charge in [0.1, 0.15) is 0 Å². The topological polar surface area (TPSA) is 49.4 Å². The zero-order chi connectivity index (χ0) is 14.9. The number of hydrogen-bond donors (Lipinski definition) is 1. The van der Waals surface area contributed by atoms with Gasteiger partial charge in [-0.2, -0.15) is 4.31 Å². The highest BCUT2D eigenvalue weighted by atomic mass is 79.9. The standard InChI is InChI=1S/C15H21BrN2O2S/c16-13-1-5-15(6-2-13)21(19,20)18-9-7-12(8-10-18)11-17-14-3-4-14/h1-2,5-6,12,14,17H,3-4,7-11H2. The van der Waals surface area contributed by atoms with Crippen molar-refractivity contribution in [2.45, 2.75) is 36.6 Å². The molecule has 0 radical (unpaired) electrons. The van der Waals surface area contributed by atoms with Crippen molar-refractivity contribution in [2.75, 3.05) is 19.6 Å². The van der Waals surface area contributed by atoms with Crippen LogP contribution in [-0.4, -0.2) is 38.4 Å². The molecule has 3 rings (SSSR count). The van der Waals surface area contributed by atoms with E-state index >= 15 is 0 Å². The fourth-order valence-corrected chi connectivity index (χ4v) is 4.46. The van der Waals surface area contributed by atoms with Gasteiger partial charge in [0.25, 0.3) is 0 Å². The molecule has 1 aliphatic heterocycles. The lowest BCUT2D eigenvalue weighted by Crippen LogP contribution is -2.40.